The van der Waals surface area contributed by atoms with E-state index < -0.39 is 0 Å². The summed E-state index contributed by atoms with van der Waals surface area (Å²) in [6, 6.07) is 10.4. The van der Waals surface area contributed by atoms with Gasteiger partial charge in [-0.15, -0.1) is 35.3 Å². The molecule has 1 aromatic carbocycles. The summed E-state index contributed by atoms with van der Waals surface area (Å²) >= 11 is 1.69. The highest BCUT2D eigenvalue weighted by atomic mass is 127. The summed E-state index contributed by atoms with van der Waals surface area (Å²) < 4.78 is 2.19. The third kappa shape index (κ3) is 7.11. The minimum Gasteiger partial charge on any atom is -0.356 e. The molecular formula is C21H29IN6S. The summed E-state index contributed by atoms with van der Waals surface area (Å²) in [6.07, 6.45) is 4.72. The molecule has 0 bridgehead atoms. The molecule has 0 saturated heterocycles. The molecule has 2 heterocycles. The molecule has 6 nitrogen and oxygen atoms in total. The van der Waals surface area contributed by atoms with E-state index in [2.05, 4.69) is 73.7 Å². The van der Waals surface area contributed by atoms with Gasteiger partial charge in [-0.3, -0.25) is 4.99 Å². The van der Waals surface area contributed by atoms with E-state index in [1.54, 1.807) is 18.4 Å². The van der Waals surface area contributed by atoms with Crippen LogP contribution in [-0.4, -0.2) is 34.1 Å². The standard InChI is InChI=1S/C21H28N6S.HI/c1-16(2)18-15-28-20(26-18)13-25-21(22-3)24-10-9-19-23-11-12-27(19)14-17-7-5-4-6-8-17;/h4-8,11-12,15-16H,9-10,13-14H2,1-3H3,(H2,22,24,25);1H. The van der Waals surface area contributed by atoms with Crippen LogP contribution >= 0.6 is 35.3 Å². The van der Waals surface area contributed by atoms with Crippen molar-refractivity contribution in [2.75, 3.05) is 13.6 Å². The summed E-state index contributed by atoms with van der Waals surface area (Å²) in [5.74, 6) is 2.30. The first kappa shape index (κ1) is 23.3. The lowest BCUT2D eigenvalue weighted by Gasteiger charge is -2.12. The Balaban J connectivity index is 0.00000300. The molecule has 156 valence electrons. The van der Waals surface area contributed by atoms with E-state index in [0.29, 0.717) is 12.5 Å². The second kappa shape index (κ2) is 11.9. The van der Waals surface area contributed by atoms with Crippen molar-refractivity contribution in [2.24, 2.45) is 4.99 Å². The Morgan fingerprint density at radius 3 is 2.69 bits per heavy atom. The Kier molecular flexibility index (Phi) is 9.59. The maximum atomic E-state index is 4.65. The first-order valence-corrected chi connectivity index (χ1v) is 10.5. The molecule has 0 aliphatic heterocycles. The number of rotatable bonds is 8. The monoisotopic (exact) mass is 524 g/mol. The van der Waals surface area contributed by atoms with Crippen LogP contribution in [0, 0.1) is 0 Å². The number of hydrogen-bond acceptors (Lipinski definition) is 4. The number of aromatic nitrogens is 3. The molecule has 0 aliphatic rings. The molecule has 0 unspecified atom stereocenters. The van der Waals surface area contributed by atoms with E-state index >= 15 is 0 Å². The molecule has 29 heavy (non-hydrogen) atoms. The van der Waals surface area contributed by atoms with E-state index in [-0.39, 0.29) is 24.0 Å². The Morgan fingerprint density at radius 1 is 1.21 bits per heavy atom. The van der Waals surface area contributed by atoms with E-state index in [1.807, 2.05) is 18.5 Å². The number of thiazole rings is 1. The molecular weight excluding hydrogens is 495 g/mol. The lowest BCUT2D eigenvalue weighted by molar-refractivity contribution is 0.693. The van der Waals surface area contributed by atoms with E-state index in [4.69, 9.17) is 0 Å². The van der Waals surface area contributed by atoms with Crippen molar-refractivity contribution < 1.29 is 0 Å². The molecule has 2 aromatic heterocycles. The van der Waals surface area contributed by atoms with Gasteiger partial charge in [-0.25, -0.2) is 9.97 Å². The summed E-state index contributed by atoms with van der Waals surface area (Å²) in [5.41, 5.74) is 2.42. The van der Waals surface area contributed by atoms with Gasteiger partial charge >= 0.3 is 0 Å². The highest BCUT2D eigenvalue weighted by Crippen LogP contribution is 2.17. The molecule has 0 radical (unpaired) electrons. The third-order valence-corrected chi connectivity index (χ3v) is 5.30. The maximum Gasteiger partial charge on any atom is 0.191 e. The Labute approximate surface area is 193 Å². The predicted octanol–water partition coefficient (Wildman–Crippen LogP) is 4.04. The Morgan fingerprint density at radius 2 is 2.00 bits per heavy atom. The van der Waals surface area contributed by atoms with Crippen LogP contribution in [-0.2, 0) is 19.5 Å². The van der Waals surface area contributed by atoms with Crippen molar-refractivity contribution in [2.45, 2.75) is 39.3 Å². The Bertz CT molecular complexity index is 887. The molecule has 3 aromatic rings. The molecule has 0 saturated carbocycles. The lowest BCUT2D eigenvalue weighted by atomic mass is 10.2. The van der Waals surface area contributed by atoms with Gasteiger partial charge in [0, 0.05) is 44.3 Å². The van der Waals surface area contributed by atoms with Crippen LogP contribution < -0.4 is 10.6 Å². The summed E-state index contributed by atoms with van der Waals surface area (Å²) in [7, 11) is 1.78. The van der Waals surface area contributed by atoms with E-state index in [0.717, 1.165) is 42.0 Å². The summed E-state index contributed by atoms with van der Waals surface area (Å²) in [6.45, 7) is 6.61. The number of nitrogens with one attached hydrogen (secondary N) is 2. The average Bonchev–Trinajstić information content (AvgIpc) is 3.35. The van der Waals surface area contributed by atoms with Crippen molar-refractivity contribution in [3.63, 3.8) is 0 Å². The normalized spacial score (nSPS) is 11.4. The first-order chi connectivity index (χ1) is 13.7. The van der Waals surface area contributed by atoms with Gasteiger partial charge in [-0.05, 0) is 11.5 Å². The fourth-order valence-corrected chi connectivity index (χ4v) is 3.73. The fraction of sp³-hybridized carbons (Fsp3) is 0.381. The van der Waals surface area contributed by atoms with Crippen LogP contribution in [0.5, 0.6) is 0 Å². The number of halogens is 1. The van der Waals surface area contributed by atoms with Gasteiger partial charge in [0.05, 0.1) is 12.2 Å². The van der Waals surface area contributed by atoms with Gasteiger partial charge < -0.3 is 15.2 Å². The number of nitrogens with zero attached hydrogens (tertiary/aromatic N) is 4. The van der Waals surface area contributed by atoms with Gasteiger partial charge in [0.25, 0.3) is 0 Å². The van der Waals surface area contributed by atoms with E-state index in [9.17, 15) is 0 Å². The Hall–Kier alpha value is -1.94. The van der Waals surface area contributed by atoms with Crippen molar-refractivity contribution in [1.82, 2.24) is 25.2 Å². The van der Waals surface area contributed by atoms with Gasteiger partial charge in [-0.2, -0.15) is 0 Å². The van der Waals surface area contributed by atoms with Gasteiger partial charge in [0.1, 0.15) is 10.8 Å². The number of hydrogen-bond donors (Lipinski definition) is 2. The lowest BCUT2D eigenvalue weighted by Crippen LogP contribution is -2.38. The third-order valence-electron chi connectivity index (χ3n) is 4.43. The quantitative estimate of drug-likeness (QED) is 0.265. The molecule has 0 fully saturated rings. The molecule has 0 spiro atoms. The minimum absolute atomic E-state index is 0. The predicted molar refractivity (Wildman–Crippen MR) is 131 cm³/mol. The molecule has 2 N–H and O–H groups in total. The van der Waals surface area contributed by atoms with Crippen LogP contribution in [0.1, 0.15) is 41.9 Å². The number of imidazole rings is 1. The second-order valence-electron chi connectivity index (χ2n) is 6.88. The van der Waals surface area contributed by atoms with Crippen LogP contribution in [0.25, 0.3) is 0 Å². The first-order valence-electron chi connectivity index (χ1n) is 9.58. The SMILES string of the molecule is CN=C(NCCc1nccn1Cc1ccccc1)NCc1nc(C(C)C)cs1.I. The minimum atomic E-state index is 0. The van der Waals surface area contributed by atoms with Gasteiger partial charge in [0.2, 0.25) is 0 Å². The highest BCUT2D eigenvalue weighted by Gasteiger charge is 2.07. The van der Waals surface area contributed by atoms with Crippen LogP contribution in [0.3, 0.4) is 0 Å². The largest absolute Gasteiger partial charge is 0.356 e. The topological polar surface area (TPSA) is 67.1 Å². The number of guanidine groups is 1. The van der Waals surface area contributed by atoms with Crippen molar-refractivity contribution >= 4 is 41.3 Å². The van der Waals surface area contributed by atoms with Gasteiger partial charge in [-0.1, -0.05) is 44.2 Å². The maximum absolute atomic E-state index is 4.65. The zero-order chi connectivity index (χ0) is 19.8. The molecule has 3 rings (SSSR count). The average molecular weight is 524 g/mol. The summed E-state index contributed by atoms with van der Waals surface area (Å²) in [4.78, 5) is 13.4. The molecule has 0 atom stereocenters. The van der Waals surface area contributed by atoms with Crippen LogP contribution in [0.2, 0.25) is 0 Å². The number of aliphatic imine (C=N–C) groups is 1. The van der Waals surface area contributed by atoms with Crippen LogP contribution in [0.15, 0.2) is 53.1 Å². The van der Waals surface area contributed by atoms with Crippen molar-refractivity contribution in [1.29, 1.82) is 0 Å². The van der Waals surface area contributed by atoms with E-state index in [1.165, 1.54) is 5.56 Å². The van der Waals surface area contributed by atoms with Gasteiger partial charge in [0.15, 0.2) is 5.96 Å². The molecule has 0 aliphatic carbocycles. The number of benzene rings is 1. The fourth-order valence-electron chi connectivity index (χ4n) is 2.84. The summed E-state index contributed by atoms with van der Waals surface area (Å²) in [5, 5.41) is 9.90. The zero-order valence-corrected chi connectivity index (χ0v) is 20.3. The smallest absolute Gasteiger partial charge is 0.191 e. The second-order valence-corrected chi connectivity index (χ2v) is 7.82. The van der Waals surface area contributed by atoms with Crippen LogP contribution in [0.4, 0.5) is 0 Å². The molecule has 0 amide bonds. The van der Waals surface area contributed by atoms with Crippen molar-refractivity contribution in [3.05, 3.63) is 70.2 Å². The van der Waals surface area contributed by atoms with Crippen molar-refractivity contribution in [3.8, 4) is 0 Å². The zero-order valence-electron chi connectivity index (χ0n) is 17.1. The highest BCUT2D eigenvalue weighted by molar-refractivity contribution is 14.0. The molecule has 8 heteroatoms.